The second-order valence-corrected chi connectivity index (χ2v) is 5.12. The molecule has 0 aliphatic heterocycles. The Hall–Kier alpha value is -3.64. The number of nitriles is 4. The van der Waals surface area contributed by atoms with Crippen molar-refractivity contribution in [3.8, 4) is 24.3 Å². The molecular weight excluding hydrogens is 394 g/mol. The molecule has 6 nitrogen and oxygen atoms in total. The molecule has 146 valence electrons. The highest BCUT2D eigenvalue weighted by Gasteiger charge is 2.84. The number of carbonyl (C=O) groups is 2. The summed E-state index contributed by atoms with van der Waals surface area (Å²) >= 11 is 0. The Bertz CT molecular complexity index is 1030. The molecule has 0 radical (unpaired) electrons. The Morgan fingerprint density at radius 1 is 0.714 bits per heavy atom. The fraction of sp³-hybridized carbons (Fsp3) is 0.375. The van der Waals surface area contributed by atoms with Gasteiger partial charge in [0.1, 0.15) is 29.8 Å². The fourth-order valence-corrected chi connectivity index (χ4v) is 2.63. The number of fused-ring (bicyclic) bond motifs is 1. The third-order valence-corrected chi connectivity index (χ3v) is 4.01. The average Bonchev–Trinajstić information content (AvgIpc) is 2.63. The van der Waals surface area contributed by atoms with Crippen LogP contribution in [0.15, 0.2) is 22.8 Å². The Kier molecular flexibility index (Phi) is 5.66. The molecule has 12 heteroatoms. The highest BCUT2D eigenvalue weighted by Crippen LogP contribution is 2.58. The first-order valence-corrected chi connectivity index (χ1v) is 6.19. The molecule has 0 amide bonds. The summed E-state index contributed by atoms with van der Waals surface area (Å²) in [4.78, 5) is 24.0. The lowest BCUT2D eigenvalue weighted by atomic mass is 9.57. The van der Waals surface area contributed by atoms with Gasteiger partial charge in [-0.2, -0.15) is 21.0 Å². The maximum atomic E-state index is 15.2. The van der Waals surface area contributed by atoms with Gasteiger partial charge in [0, 0.05) is 0 Å². The minimum Gasteiger partial charge on any atom is -0.290 e. The number of halogens is 6. The van der Waals surface area contributed by atoms with Crippen LogP contribution in [0.25, 0.3) is 0 Å². The van der Waals surface area contributed by atoms with Gasteiger partial charge in [-0.3, -0.25) is 9.59 Å². The Morgan fingerprint density at radius 2 is 1.14 bits per heavy atom. The van der Waals surface area contributed by atoms with Crippen LogP contribution in [-0.4, -0.2) is 34.2 Å². The summed E-state index contributed by atoms with van der Waals surface area (Å²) < 4.78 is 87.0. The van der Waals surface area contributed by atoms with Gasteiger partial charge >= 0.3 is 11.3 Å². The van der Waals surface area contributed by atoms with Crippen molar-refractivity contribution in [1.82, 2.24) is 0 Å². The minimum atomic E-state index is -5.10. The van der Waals surface area contributed by atoms with E-state index in [9.17, 15) is 31.5 Å². The largest absolute Gasteiger partial charge is 0.311 e. The maximum Gasteiger partial charge on any atom is 0.311 e. The second kappa shape index (κ2) is 6.51. The molecule has 2 aliphatic rings. The summed E-state index contributed by atoms with van der Waals surface area (Å²) in [6.45, 7) is 0. The number of rotatable bonds is 0. The molecule has 0 bridgehead atoms. The van der Waals surface area contributed by atoms with Crippen molar-refractivity contribution in [3.05, 3.63) is 22.8 Å². The highest BCUT2D eigenvalue weighted by molar-refractivity contribution is 6.24. The van der Waals surface area contributed by atoms with Gasteiger partial charge in [-0.15, -0.1) is 0 Å². The number of hydrogen-bond acceptors (Lipinski definition) is 6. The summed E-state index contributed by atoms with van der Waals surface area (Å²) in [7, 11) is 0. The number of nitrogens with zero attached hydrogens (tertiary/aromatic N) is 4. The van der Waals surface area contributed by atoms with Gasteiger partial charge in [-0.1, -0.05) is 14.9 Å². The second-order valence-electron chi connectivity index (χ2n) is 5.12. The smallest absolute Gasteiger partial charge is 0.290 e. The summed E-state index contributed by atoms with van der Waals surface area (Å²) in [5.74, 6) is -11.5. The molecule has 1 saturated carbocycles. The van der Waals surface area contributed by atoms with E-state index in [4.69, 9.17) is 21.0 Å². The van der Waals surface area contributed by atoms with E-state index in [-0.39, 0.29) is 27.0 Å². The third kappa shape index (κ3) is 2.00. The van der Waals surface area contributed by atoms with Crippen LogP contribution in [0.5, 0.6) is 0 Å². The zero-order chi connectivity index (χ0) is 20.3. The van der Waals surface area contributed by atoms with Crippen molar-refractivity contribution in [2.24, 2.45) is 0 Å². The van der Waals surface area contributed by atoms with E-state index >= 15 is 4.39 Å². The fourth-order valence-electron chi connectivity index (χ4n) is 2.63. The molecule has 0 aromatic rings. The molecule has 0 saturated heterocycles. The van der Waals surface area contributed by atoms with Crippen molar-refractivity contribution >= 4 is 11.6 Å². The standard InChI is InChI=1S/C14F6N4O2.2CH4/c15-7-5(1-21)11(17,2-22)14(20)6(8(7)16)9(25)12(18,3-23)13(19,4-24)10(14)26;;/h;2*1H4. The first kappa shape index (κ1) is 24.4. The zero-order valence-electron chi connectivity index (χ0n) is 11.9. The molecule has 4 unspecified atom stereocenters. The van der Waals surface area contributed by atoms with Crippen LogP contribution in [0.4, 0.5) is 26.3 Å². The summed E-state index contributed by atoms with van der Waals surface area (Å²) in [6, 6.07) is 1.32. The van der Waals surface area contributed by atoms with Gasteiger partial charge < -0.3 is 0 Å². The summed E-state index contributed by atoms with van der Waals surface area (Å²) in [6.07, 6.45) is 0. The lowest BCUT2D eigenvalue weighted by molar-refractivity contribution is -0.162. The Morgan fingerprint density at radius 3 is 1.50 bits per heavy atom. The highest BCUT2D eigenvalue weighted by atomic mass is 19.2. The van der Waals surface area contributed by atoms with E-state index in [2.05, 4.69) is 0 Å². The average molecular weight is 402 g/mol. The molecule has 0 spiro atoms. The van der Waals surface area contributed by atoms with Crippen LogP contribution in [-0.2, 0) is 9.59 Å². The normalized spacial score (nSPS) is 36.6. The van der Waals surface area contributed by atoms with Crippen molar-refractivity contribution in [2.45, 2.75) is 37.5 Å². The van der Waals surface area contributed by atoms with Gasteiger partial charge in [0.05, 0.1) is 5.57 Å². The molecule has 2 rings (SSSR count). The number of carbonyl (C=O) groups excluding carboxylic acids is 2. The monoisotopic (exact) mass is 402 g/mol. The number of allylic oxidation sites excluding steroid dienone is 4. The van der Waals surface area contributed by atoms with Gasteiger partial charge in [0.25, 0.3) is 11.3 Å². The van der Waals surface area contributed by atoms with Gasteiger partial charge in [-0.05, 0) is 0 Å². The maximum absolute atomic E-state index is 15.2. The predicted octanol–water partition coefficient (Wildman–Crippen LogP) is 2.80. The SMILES string of the molecule is C.C.N#CC1=C(F)C(F)=C2C(=O)C(F)(C#N)C(F)(C#N)C(=O)C2(F)C1(F)C#N. The molecule has 28 heavy (non-hydrogen) atoms. The van der Waals surface area contributed by atoms with E-state index in [1.165, 1.54) is 0 Å². The van der Waals surface area contributed by atoms with E-state index in [1.807, 2.05) is 0 Å². The van der Waals surface area contributed by atoms with Crippen molar-refractivity contribution in [1.29, 1.82) is 21.0 Å². The molecule has 0 aromatic heterocycles. The Balaban J connectivity index is 0.00000364. The van der Waals surface area contributed by atoms with Crippen LogP contribution in [0.3, 0.4) is 0 Å². The Labute approximate surface area is 154 Å². The molecule has 2 aliphatic carbocycles. The summed E-state index contributed by atoms with van der Waals surface area (Å²) in [5, 5.41) is 34.8. The summed E-state index contributed by atoms with van der Waals surface area (Å²) in [5.41, 5.74) is -24.7. The van der Waals surface area contributed by atoms with Crippen LogP contribution >= 0.6 is 0 Å². The number of alkyl halides is 4. The number of hydrogen-bond donors (Lipinski definition) is 0. The minimum absolute atomic E-state index is 0. The van der Waals surface area contributed by atoms with Crippen LogP contribution in [0.2, 0.25) is 0 Å². The molecule has 0 N–H and O–H groups in total. The topological polar surface area (TPSA) is 129 Å². The molecule has 0 heterocycles. The predicted molar refractivity (Wildman–Crippen MR) is 77.6 cm³/mol. The van der Waals surface area contributed by atoms with Crippen LogP contribution < -0.4 is 0 Å². The molecule has 4 atom stereocenters. The number of ketones is 2. The molecule has 1 fully saturated rings. The van der Waals surface area contributed by atoms with Crippen molar-refractivity contribution < 1.29 is 35.9 Å². The lowest BCUT2D eigenvalue weighted by Crippen LogP contribution is -2.74. The van der Waals surface area contributed by atoms with E-state index in [0.29, 0.717) is 12.1 Å². The third-order valence-electron chi connectivity index (χ3n) is 4.01. The van der Waals surface area contributed by atoms with Crippen molar-refractivity contribution in [3.63, 3.8) is 0 Å². The lowest BCUT2D eigenvalue weighted by Gasteiger charge is -2.44. The van der Waals surface area contributed by atoms with E-state index in [0.717, 1.165) is 0 Å². The zero-order valence-corrected chi connectivity index (χ0v) is 11.9. The van der Waals surface area contributed by atoms with Crippen LogP contribution in [0.1, 0.15) is 14.9 Å². The van der Waals surface area contributed by atoms with E-state index < -0.39 is 57.0 Å². The van der Waals surface area contributed by atoms with Gasteiger partial charge in [0.2, 0.25) is 11.6 Å². The molecule has 0 aromatic carbocycles. The van der Waals surface area contributed by atoms with Crippen molar-refractivity contribution in [2.75, 3.05) is 0 Å². The molecular formula is C16H8F6N4O2. The van der Waals surface area contributed by atoms with Gasteiger partial charge in [-0.25, -0.2) is 26.3 Å². The first-order valence-electron chi connectivity index (χ1n) is 6.19. The van der Waals surface area contributed by atoms with E-state index in [1.54, 1.807) is 0 Å². The van der Waals surface area contributed by atoms with Crippen LogP contribution in [0, 0.1) is 45.3 Å². The van der Waals surface area contributed by atoms with Gasteiger partial charge in [0.15, 0.2) is 11.7 Å². The number of Topliss-reactive ketones (excluding diaryl/α,β-unsaturated/α-hetero) is 2. The first-order chi connectivity index (χ1) is 11.9. The quantitative estimate of drug-likeness (QED) is 0.573.